The first kappa shape index (κ1) is 73.5. The maximum Gasteiger partial charge on any atom is 0.326 e. The summed E-state index contributed by atoms with van der Waals surface area (Å²) in [5, 5.41) is 44.5. The molecule has 33 nitrogen and oxygen atoms in total. The largest absolute Gasteiger partial charge is 0.480 e. The third-order valence-corrected chi connectivity index (χ3v) is 13.4. The molecule has 2 heterocycles. The fraction of sp³-hybridized carbons (Fsp3) is 0.642. The number of amides is 12. The number of imidazole rings is 2. The van der Waals surface area contributed by atoms with Crippen molar-refractivity contribution in [3.8, 4) is 0 Å². The number of hydrogen-bond acceptors (Lipinski definition) is 18. The number of unbranched alkanes of at least 4 members (excludes halogenated alkanes) is 1. The number of nitrogens with one attached hydrogen (secondary N) is 12. The van der Waals surface area contributed by atoms with Crippen molar-refractivity contribution in [2.75, 3.05) is 6.54 Å². The Labute approximate surface area is 497 Å². The molecule has 0 aliphatic rings. The summed E-state index contributed by atoms with van der Waals surface area (Å²) in [6.07, 6.45) is 2.57. The minimum Gasteiger partial charge on any atom is -0.480 e. The van der Waals surface area contributed by atoms with Crippen LogP contribution in [-0.2, 0) is 75.2 Å². The SMILES string of the molecule is CC(C)[C@H](NC(=O)[C@H](CCCCN)NC(=O)[C@H](CC(N)=O)NC(=O)[C@H](CC(N)=O)NC(=O)[C@@H](NC(=O)[C@@H](NC(=O)[C@@H](NC(=O)[C@@H](N)Cc1cnc[nH]1)C(C)C)C(C)C)C(C)C)C(=O)N[C@@H](C)C(=O)N[C@H](C(=O)N[C@@H](Cc1cnc[nH]1)C(=O)O)[C@@H](C)O. The van der Waals surface area contributed by atoms with Crippen LogP contribution in [0.3, 0.4) is 0 Å². The third kappa shape index (κ3) is 24.6. The first-order chi connectivity index (χ1) is 40.2. The number of nitrogens with two attached hydrogens (primary N) is 4. The zero-order chi connectivity index (χ0) is 65.3. The quantitative estimate of drug-likeness (QED) is 0.0278. The second kappa shape index (κ2) is 35.6. The molecule has 0 bridgehead atoms. The third-order valence-electron chi connectivity index (χ3n) is 13.4. The van der Waals surface area contributed by atoms with Gasteiger partial charge in [-0.1, -0.05) is 55.4 Å². The molecule has 2 aromatic heterocycles. The molecule has 0 saturated heterocycles. The molecule has 86 heavy (non-hydrogen) atoms. The van der Waals surface area contributed by atoms with Crippen molar-refractivity contribution in [2.45, 2.75) is 187 Å². The van der Waals surface area contributed by atoms with Crippen molar-refractivity contribution in [1.82, 2.24) is 73.1 Å². The fourth-order valence-corrected chi connectivity index (χ4v) is 8.38. The van der Waals surface area contributed by atoms with Crippen LogP contribution in [0, 0.1) is 23.7 Å². The van der Waals surface area contributed by atoms with Crippen molar-refractivity contribution in [1.29, 1.82) is 0 Å². The number of aliphatic hydroxyl groups excluding tert-OH is 1. The Morgan fingerprint density at radius 1 is 0.453 bits per heavy atom. The Bertz CT molecular complexity index is 2630. The molecule has 480 valence electrons. The van der Waals surface area contributed by atoms with Crippen LogP contribution < -0.4 is 76.1 Å². The molecule has 2 rings (SSSR count). The Balaban J connectivity index is 2.29. The standard InChI is InChI=1S/C53H88N18O15/c1-23(2)38(48(80)62-27(9)43(75)71-42(28(10)72)52(84)66-35(53(85)86)16-30-20-59-22-61-30)68-45(77)32(13-11-12-14-54)63-46(78)33(17-36(56)73)64-47(79)34(18-37(57)74)65-49(81)39(24(3)4)69-51(83)41(26(7)8)70-50(82)40(25(5)6)67-44(76)31(55)15-29-19-58-21-60-29/h19-28,31-35,38-42,72H,11-18,54-55H2,1-10H3,(H2,56,73)(H2,57,74)(H,58,60)(H,59,61)(H,62,80)(H,63,78)(H,64,79)(H,65,81)(H,66,84)(H,67,76)(H,68,77)(H,69,83)(H,70,82)(H,71,75)(H,85,86)/t27-,28+,31-,32-,33-,34-,35-,38-,39-,40-,41-,42-/m0/s1. The summed E-state index contributed by atoms with van der Waals surface area (Å²) in [7, 11) is 0. The van der Waals surface area contributed by atoms with Gasteiger partial charge in [-0.2, -0.15) is 0 Å². The topological polar surface area (TPSA) is 544 Å². The maximum atomic E-state index is 14.1. The zero-order valence-corrected chi connectivity index (χ0v) is 50.1. The van der Waals surface area contributed by atoms with Crippen LogP contribution in [0.25, 0.3) is 0 Å². The van der Waals surface area contributed by atoms with Gasteiger partial charge in [-0.25, -0.2) is 14.8 Å². The molecule has 2 aromatic rings. The summed E-state index contributed by atoms with van der Waals surface area (Å²) in [6, 6.07) is -16.2. The van der Waals surface area contributed by atoms with Crippen molar-refractivity contribution in [3.05, 3.63) is 36.4 Å². The summed E-state index contributed by atoms with van der Waals surface area (Å²) in [6.45, 7) is 15.3. The van der Waals surface area contributed by atoms with Crippen molar-refractivity contribution < 1.29 is 72.5 Å². The molecule has 0 saturated carbocycles. The highest BCUT2D eigenvalue weighted by atomic mass is 16.4. The van der Waals surface area contributed by atoms with E-state index in [2.05, 4.69) is 73.1 Å². The number of aromatic nitrogens is 4. The Kier molecular flexibility index (Phi) is 30.5. The smallest absolute Gasteiger partial charge is 0.326 e. The van der Waals surface area contributed by atoms with Crippen molar-refractivity contribution in [2.24, 2.45) is 46.6 Å². The van der Waals surface area contributed by atoms with E-state index in [0.717, 1.165) is 0 Å². The van der Waals surface area contributed by atoms with E-state index in [9.17, 15) is 72.5 Å². The van der Waals surface area contributed by atoms with Gasteiger partial charge in [0.25, 0.3) is 0 Å². The number of H-pyrrole nitrogens is 2. The summed E-state index contributed by atoms with van der Waals surface area (Å²) in [5.74, 6) is -15.7. The predicted octanol–water partition coefficient (Wildman–Crippen LogP) is -5.92. The number of carboxylic acids is 1. The number of aromatic amines is 2. The van der Waals surface area contributed by atoms with E-state index >= 15 is 0 Å². The predicted molar refractivity (Wildman–Crippen MR) is 307 cm³/mol. The number of aliphatic carboxylic acids is 1. The molecule has 12 amide bonds. The minimum absolute atomic E-state index is 0.0906. The first-order valence-corrected chi connectivity index (χ1v) is 28.1. The van der Waals surface area contributed by atoms with Crippen LogP contribution in [0.4, 0.5) is 0 Å². The minimum atomic E-state index is -1.87. The normalized spacial score (nSPS) is 15.5. The van der Waals surface area contributed by atoms with Crippen LogP contribution in [0.1, 0.15) is 113 Å². The molecule has 0 aliphatic heterocycles. The average molecular weight is 1220 g/mol. The molecule has 0 radical (unpaired) electrons. The molecule has 22 N–H and O–H groups in total. The molecule has 12 atom stereocenters. The lowest BCUT2D eigenvalue weighted by Gasteiger charge is -2.30. The number of aliphatic hydroxyl groups is 1. The van der Waals surface area contributed by atoms with E-state index in [1.54, 1.807) is 55.4 Å². The van der Waals surface area contributed by atoms with Crippen LogP contribution >= 0.6 is 0 Å². The summed E-state index contributed by atoms with van der Waals surface area (Å²) in [4.78, 5) is 187. The van der Waals surface area contributed by atoms with Gasteiger partial charge in [-0.3, -0.25) is 57.5 Å². The second-order valence-corrected chi connectivity index (χ2v) is 22.3. The van der Waals surface area contributed by atoms with Crippen LogP contribution in [0.5, 0.6) is 0 Å². The van der Waals surface area contributed by atoms with Gasteiger partial charge in [0.1, 0.15) is 60.4 Å². The average Bonchev–Trinajstić information content (AvgIpc) is 2.91. The van der Waals surface area contributed by atoms with Crippen molar-refractivity contribution in [3.63, 3.8) is 0 Å². The molecule has 0 aromatic carbocycles. The van der Waals surface area contributed by atoms with Gasteiger partial charge >= 0.3 is 5.97 Å². The van der Waals surface area contributed by atoms with E-state index in [4.69, 9.17) is 22.9 Å². The lowest BCUT2D eigenvalue weighted by atomic mass is 9.97. The van der Waals surface area contributed by atoms with E-state index in [-0.39, 0.29) is 32.2 Å². The monoisotopic (exact) mass is 1220 g/mol. The maximum absolute atomic E-state index is 14.1. The highest BCUT2D eigenvalue weighted by molar-refractivity contribution is 6.00. The number of carbonyl (C=O) groups is 13. The molecule has 0 aliphatic carbocycles. The number of primary amides is 2. The molecular formula is C53H88N18O15. The van der Waals surface area contributed by atoms with Gasteiger partial charge in [0.05, 0.1) is 37.6 Å². The highest BCUT2D eigenvalue weighted by Crippen LogP contribution is 2.13. The molecule has 0 unspecified atom stereocenters. The lowest BCUT2D eigenvalue weighted by molar-refractivity contribution is -0.143. The van der Waals surface area contributed by atoms with E-state index in [1.807, 2.05) is 0 Å². The van der Waals surface area contributed by atoms with E-state index < -0.39 is 186 Å². The number of carboxylic acid groups (broad SMARTS) is 1. The summed E-state index contributed by atoms with van der Waals surface area (Å²) < 4.78 is 0. The molecular weight excluding hydrogens is 1130 g/mol. The second-order valence-electron chi connectivity index (χ2n) is 22.3. The van der Waals surface area contributed by atoms with Crippen molar-refractivity contribution >= 4 is 76.9 Å². The molecule has 0 fully saturated rings. The van der Waals surface area contributed by atoms with Gasteiger partial charge in [0, 0.05) is 36.6 Å². The van der Waals surface area contributed by atoms with Gasteiger partial charge in [-0.05, 0) is 63.3 Å². The molecule has 33 heteroatoms. The number of rotatable bonds is 38. The zero-order valence-electron chi connectivity index (χ0n) is 50.1. The fourth-order valence-electron chi connectivity index (χ4n) is 8.38. The Morgan fingerprint density at radius 2 is 0.802 bits per heavy atom. The summed E-state index contributed by atoms with van der Waals surface area (Å²) in [5.41, 5.74) is 23.7. The van der Waals surface area contributed by atoms with Crippen LogP contribution in [0.2, 0.25) is 0 Å². The molecule has 0 spiro atoms. The Hall–Kier alpha value is -8.59. The number of carbonyl (C=O) groups excluding carboxylic acids is 12. The van der Waals surface area contributed by atoms with E-state index in [1.165, 1.54) is 38.9 Å². The van der Waals surface area contributed by atoms with Gasteiger partial charge in [0.2, 0.25) is 70.9 Å². The van der Waals surface area contributed by atoms with Gasteiger partial charge < -0.3 is 96.3 Å². The number of nitrogens with zero attached hydrogens (tertiary/aromatic N) is 2. The van der Waals surface area contributed by atoms with Crippen LogP contribution in [-0.4, -0.2) is 186 Å². The van der Waals surface area contributed by atoms with E-state index in [0.29, 0.717) is 17.8 Å². The van der Waals surface area contributed by atoms with Crippen LogP contribution in [0.15, 0.2) is 25.0 Å². The van der Waals surface area contributed by atoms with Gasteiger partial charge in [-0.15, -0.1) is 0 Å². The highest BCUT2D eigenvalue weighted by Gasteiger charge is 2.39. The van der Waals surface area contributed by atoms with Gasteiger partial charge in [0.15, 0.2) is 0 Å². The first-order valence-electron chi connectivity index (χ1n) is 28.1. The summed E-state index contributed by atoms with van der Waals surface area (Å²) >= 11 is 0. The Morgan fingerprint density at radius 3 is 1.20 bits per heavy atom. The number of hydrogen-bond donors (Lipinski definition) is 18. The lowest BCUT2D eigenvalue weighted by Crippen LogP contribution is -2.62.